The Morgan fingerprint density at radius 2 is 1.37 bits per heavy atom. The first-order valence-corrected chi connectivity index (χ1v) is 6.20. The van der Waals surface area contributed by atoms with Gasteiger partial charge in [0.15, 0.2) is 0 Å². The van der Waals surface area contributed by atoms with Crippen LogP contribution in [-0.2, 0) is 4.79 Å². The van der Waals surface area contributed by atoms with E-state index >= 15 is 0 Å². The molecule has 3 rings (SSSR count). The lowest BCUT2D eigenvalue weighted by Gasteiger charge is -1.95. The van der Waals surface area contributed by atoms with Gasteiger partial charge in [-0.15, -0.1) is 0 Å². The number of aryl methyl sites for hydroxylation is 2. The number of hydrogen-bond acceptors (Lipinski definition) is 2. The lowest BCUT2D eigenvalue weighted by Crippen LogP contribution is -2.31. The van der Waals surface area contributed by atoms with Crippen molar-refractivity contribution in [2.45, 2.75) is 13.8 Å². The van der Waals surface area contributed by atoms with E-state index < -0.39 is 0 Å². The highest BCUT2D eigenvalue weighted by Crippen LogP contribution is 2.02. The summed E-state index contributed by atoms with van der Waals surface area (Å²) in [6.07, 6.45) is 0. The average Bonchev–Trinajstić information content (AvgIpc) is 2.43. The summed E-state index contributed by atoms with van der Waals surface area (Å²) in [6.45, 7) is 4.43. The third kappa shape index (κ3) is 3.58. The van der Waals surface area contributed by atoms with Crippen LogP contribution in [0.1, 0.15) is 11.1 Å². The zero-order chi connectivity index (χ0) is 13.7. The van der Waals surface area contributed by atoms with Gasteiger partial charge in [0.05, 0.1) is 10.7 Å². The van der Waals surface area contributed by atoms with Crippen molar-refractivity contribution in [3.63, 3.8) is 0 Å². The Morgan fingerprint density at radius 1 is 0.842 bits per heavy atom. The second-order valence-corrected chi connectivity index (χ2v) is 4.39. The molecule has 0 radical (unpaired) electrons. The zero-order valence-corrected chi connectivity index (χ0v) is 11.1. The number of hydrogen-bond donors (Lipinski definition) is 0. The molecule has 1 aliphatic rings. The van der Waals surface area contributed by atoms with Gasteiger partial charge < -0.3 is 0 Å². The molecule has 2 aromatic carbocycles. The maximum Gasteiger partial charge on any atom is 0.267 e. The van der Waals surface area contributed by atoms with Gasteiger partial charge >= 0.3 is 0 Å². The average molecular weight is 252 g/mol. The maximum atomic E-state index is 10.8. The fraction of sp³-hybridized carbons (Fsp3) is 0.188. The van der Waals surface area contributed by atoms with E-state index in [4.69, 9.17) is 0 Å². The van der Waals surface area contributed by atoms with E-state index in [9.17, 15) is 4.79 Å². The second kappa shape index (κ2) is 6.05. The molecule has 0 N–H and O–H groups in total. The predicted molar refractivity (Wildman–Crippen MR) is 74.5 cm³/mol. The van der Waals surface area contributed by atoms with Crippen molar-refractivity contribution in [3.8, 4) is 0 Å². The molecule has 96 valence electrons. The van der Waals surface area contributed by atoms with Gasteiger partial charge in [0.1, 0.15) is 6.54 Å². The Morgan fingerprint density at radius 3 is 1.95 bits per heavy atom. The number of benzene rings is 2. The van der Waals surface area contributed by atoms with Crippen LogP contribution >= 0.6 is 0 Å². The number of nitrogens with zero attached hydrogens (tertiary/aromatic N) is 2. The zero-order valence-electron chi connectivity index (χ0n) is 11.1. The van der Waals surface area contributed by atoms with Crippen LogP contribution in [0.3, 0.4) is 0 Å². The lowest BCUT2D eigenvalue weighted by molar-refractivity contribution is -0.116. The third-order valence-corrected chi connectivity index (χ3v) is 2.94. The van der Waals surface area contributed by atoms with Crippen LogP contribution in [0.25, 0.3) is 0 Å². The van der Waals surface area contributed by atoms with Gasteiger partial charge in [0.25, 0.3) is 5.91 Å². The summed E-state index contributed by atoms with van der Waals surface area (Å²) >= 11 is 0. The van der Waals surface area contributed by atoms with Crippen molar-refractivity contribution in [2.24, 2.45) is 9.98 Å². The second-order valence-electron chi connectivity index (χ2n) is 4.39. The van der Waals surface area contributed by atoms with Crippen molar-refractivity contribution < 1.29 is 4.79 Å². The predicted octanol–water partition coefficient (Wildman–Crippen LogP) is 1.77. The van der Waals surface area contributed by atoms with Crippen molar-refractivity contribution >= 4 is 5.91 Å². The van der Waals surface area contributed by atoms with E-state index in [-0.39, 0.29) is 12.5 Å². The van der Waals surface area contributed by atoms with Gasteiger partial charge in [-0.25, -0.2) is 4.99 Å². The van der Waals surface area contributed by atoms with Crippen LogP contribution in [0.15, 0.2) is 58.5 Å². The van der Waals surface area contributed by atoms with Crippen LogP contribution in [-0.4, -0.2) is 12.5 Å². The molecule has 0 bridgehead atoms. The smallest absolute Gasteiger partial charge is 0.267 e. The minimum Gasteiger partial charge on any atom is -0.273 e. The Kier molecular flexibility index (Phi) is 4.18. The number of carbonyl (C=O) groups is 1. The van der Waals surface area contributed by atoms with Gasteiger partial charge in [-0.3, -0.25) is 9.79 Å². The molecule has 0 atom stereocenters. The first-order valence-electron chi connectivity index (χ1n) is 6.20. The fourth-order valence-corrected chi connectivity index (χ4v) is 1.68. The van der Waals surface area contributed by atoms with Crippen LogP contribution < -0.4 is 10.7 Å². The Bertz CT molecular complexity index is 684. The van der Waals surface area contributed by atoms with Gasteiger partial charge in [0.2, 0.25) is 0 Å². The van der Waals surface area contributed by atoms with E-state index in [2.05, 4.69) is 48.1 Å². The first kappa shape index (κ1) is 13.1. The monoisotopic (exact) mass is 252 g/mol. The van der Waals surface area contributed by atoms with E-state index in [0.29, 0.717) is 5.36 Å². The minimum atomic E-state index is -0.163. The Labute approximate surface area is 112 Å². The summed E-state index contributed by atoms with van der Waals surface area (Å²) in [5, 5.41) is 1.50. The summed E-state index contributed by atoms with van der Waals surface area (Å²) in [4.78, 5) is 18.6. The molecule has 1 aliphatic heterocycles. The standard InChI is InChI=1S/C8H6N2O.C8H10/c11-8-5-9-6-3-1-2-4-7(6)10-8;1-7-5-3-4-6-8(7)2/h1-4H,5H2;3-6H,1-2H3. The molecule has 0 aliphatic carbocycles. The highest BCUT2D eigenvalue weighted by molar-refractivity contribution is 5.79. The first-order chi connectivity index (χ1) is 9.16. The summed E-state index contributed by atoms with van der Waals surface area (Å²) in [6, 6.07) is 15.7. The molecule has 1 amide bonds. The topological polar surface area (TPSA) is 41.8 Å². The van der Waals surface area contributed by atoms with Gasteiger partial charge in [-0.1, -0.05) is 36.4 Å². The minimum absolute atomic E-state index is 0.163. The summed E-state index contributed by atoms with van der Waals surface area (Å²) in [5.41, 5.74) is 2.74. The third-order valence-electron chi connectivity index (χ3n) is 2.94. The molecule has 0 fully saturated rings. The summed E-state index contributed by atoms with van der Waals surface area (Å²) in [5.74, 6) is -0.163. The van der Waals surface area contributed by atoms with Crippen molar-refractivity contribution in [1.82, 2.24) is 0 Å². The van der Waals surface area contributed by atoms with Crippen LogP contribution in [0.2, 0.25) is 0 Å². The van der Waals surface area contributed by atoms with E-state index in [0.717, 1.165) is 5.36 Å². The molecule has 0 saturated heterocycles. The largest absolute Gasteiger partial charge is 0.273 e. The molecule has 0 aromatic heterocycles. The molecule has 0 saturated carbocycles. The molecule has 2 aromatic rings. The van der Waals surface area contributed by atoms with Gasteiger partial charge in [0, 0.05) is 0 Å². The number of fused-ring (bicyclic) bond motifs is 1. The van der Waals surface area contributed by atoms with Crippen LogP contribution in [0.4, 0.5) is 0 Å². The number of amides is 1. The number of rotatable bonds is 0. The highest BCUT2D eigenvalue weighted by Gasteiger charge is 2.01. The van der Waals surface area contributed by atoms with Crippen LogP contribution in [0.5, 0.6) is 0 Å². The molecule has 1 heterocycles. The molecule has 3 nitrogen and oxygen atoms in total. The Hall–Kier alpha value is -2.29. The molecular weight excluding hydrogens is 236 g/mol. The maximum absolute atomic E-state index is 10.8. The van der Waals surface area contributed by atoms with E-state index in [1.807, 2.05) is 18.2 Å². The van der Waals surface area contributed by atoms with E-state index in [1.54, 1.807) is 6.07 Å². The molecule has 19 heavy (non-hydrogen) atoms. The van der Waals surface area contributed by atoms with Gasteiger partial charge in [-0.05, 0) is 37.1 Å². The van der Waals surface area contributed by atoms with E-state index in [1.165, 1.54) is 11.1 Å². The summed E-state index contributed by atoms with van der Waals surface area (Å²) < 4.78 is 0. The highest BCUT2D eigenvalue weighted by atomic mass is 16.1. The number of para-hydroxylation sites is 2. The van der Waals surface area contributed by atoms with Crippen LogP contribution in [0, 0.1) is 13.8 Å². The van der Waals surface area contributed by atoms with Gasteiger partial charge in [-0.2, -0.15) is 0 Å². The van der Waals surface area contributed by atoms with Crippen molar-refractivity contribution in [2.75, 3.05) is 6.54 Å². The Balaban J connectivity index is 0.000000148. The SMILES string of the molecule is Cc1ccccc1C.O=C1CN=c2ccccc2=N1. The molecule has 3 heteroatoms. The lowest BCUT2D eigenvalue weighted by atomic mass is 10.1. The number of carbonyl (C=O) groups excluding carboxylic acids is 1. The van der Waals surface area contributed by atoms with Crippen molar-refractivity contribution in [1.29, 1.82) is 0 Å². The summed E-state index contributed by atoms with van der Waals surface area (Å²) in [7, 11) is 0. The molecular formula is C16H16N2O. The normalized spacial score (nSPS) is 12.4. The molecule has 0 unspecified atom stereocenters. The van der Waals surface area contributed by atoms with Crippen molar-refractivity contribution in [3.05, 3.63) is 70.4 Å². The fourth-order valence-electron chi connectivity index (χ4n) is 1.68. The quantitative estimate of drug-likeness (QED) is 0.704. The molecule has 0 spiro atoms.